The molecular weight excluding hydrogens is 436 g/mol. The van der Waals surface area contributed by atoms with Gasteiger partial charge in [0.1, 0.15) is 11.7 Å². The van der Waals surface area contributed by atoms with E-state index in [1.54, 1.807) is 0 Å². The van der Waals surface area contributed by atoms with Crippen molar-refractivity contribution in [3.63, 3.8) is 0 Å². The van der Waals surface area contributed by atoms with Gasteiger partial charge in [-0.1, -0.05) is 40.5 Å². The van der Waals surface area contributed by atoms with Gasteiger partial charge >= 0.3 is 0 Å². The molecule has 7 heteroatoms. The normalized spacial score (nSPS) is 54.6. The van der Waals surface area contributed by atoms with Crippen LogP contribution >= 0.6 is 0 Å². The first-order valence-corrected chi connectivity index (χ1v) is 13.6. The summed E-state index contributed by atoms with van der Waals surface area (Å²) < 4.78 is 0. The third kappa shape index (κ3) is 3.72. The van der Waals surface area contributed by atoms with Gasteiger partial charge in [-0.2, -0.15) is 0 Å². The van der Waals surface area contributed by atoms with Gasteiger partial charge in [-0.25, -0.2) is 0 Å². The molecule has 7 nitrogen and oxygen atoms in total. The zero-order chi connectivity index (χ0) is 25.2. The van der Waals surface area contributed by atoms with Crippen molar-refractivity contribution in [2.75, 3.05) is 6.61 Å². The molecule has 34 heavy (non-hydrogen) atoms. The number of fused-ring (bicyclic) bond motifs is 5. The van der Waals surface area contributed by atoms with Crippen molar-refractivity contribution >= 4 is 0 Å². The second-order valence-corrected chi connectivity index (χ2v) is 13.1. The maximum Gasteiger partial charge on any atom is 0.109 e. The Morgan fingerprint density at radius 1 is 0.853 bits per heavy atom. The number of aliphatic hydroxyl groups excluding tert-OH is 6. The first-order valence-electron chi connectivity index (χ1n) is 13.6. The van der Waals surface area contributed by atoms with E-state index in [-0.39, 0.29) is 36.2 Å². The highest BCUT2D eigenvalue weighted by Gasteiger charge is 2.75. The Kier molecular flexibility index (Phi) is 7.27. The van der Waals surface area contributed by atoms with Crippen molar-refractivity contribution in [1.82, 2.24) is 0 Å². The maximum atomic E-state index is 12.3. The van der Waals surface area contributed by atoms with E-state index >= 15 is 0 Å². The van der Waals surface area contributed by atoms with Gasteiger partial charge in [0.05, 0.1) is 24.4 Å². The molecule has 0 amide bonds. The van der Waals surface area contributed by atoms with E-state index in [1.807, 2.05) is 13.8 Å². The molecule has 4 aliphatic carbocycles. The molecule has 0 spiro atoms. The summed E-state index contributed by atoms with van der Waals surface area (Å²) in [5.41, 5.74) is -2.74. The predicted molar refractivity (Wildman–Crippen MR) is 128 cm³/mol. The van der Waals surface area contributed by atoms with E-state index in [0.717, 1.165) is 25.7 Å². The van der Waals surface area contributed by atoms with Crippen LogP contribution in [0.5, 0.6) is 0 Å². The third-order valence-electron chi connectivity index (χ3n) is 11.2. The molecule has 0 radical (unpaired) electrons. The monoisotopic (exact) mass is 484 g/mol. The molecular formula is C27H48O7. The van der Waals surface area contributed by atoms with Gasteiger partial charge in [-0.05, 0) is 78.9 Å². The van der Waals surface area contributed by atoms with Crippen LogP contribution in [0, 0.1) is 46.3 Å². The minimum atomic E-state index is -1.71. The zero-order valence-electron chi connectivity index (χ0n) is 21.3. The molecule has 0 aromatic rings. The molecule has 198 valence electrons. The molecule has 0 aromatic carbocycles. The molecule has 0 aliphatic heterocycles. The van der Waals surface area contributed by atoms with Gasteiger partial charge in [-0.3, -0.25) is 0 Å². The molecule has 0 bridgehead atoms. The van der Waals surface area contributed by atoms with Crippen molar-refractivity contribution in [2.45, 2.75) is 115 Å². The summed E-state index contributed by atoms with van der Waals surface area (Å²) in [6.45, 7) is 8.38. The van der Waals surface area contributed by atoms with Crippen LogP contribution in [0.1, 0.15) is 79.1 Å². The van der Waals surface area contributed by atoms with Crippen molar-refractivity contribution in [2.24, 2.45) is 46.3 Å². The topological polar surface area (TPSA) is 142 Å². The van der Waals surface area contributed by atoms with Crippen LogP contribution < -0.4 is 0 Å². The van der Waals surface area contributed by atoms with Crippen LogP contribution in [0.15, 0.2) is 0 Å². The standard InChI is InChI=1S/C27H48O7/c1-14(13-28)6-5-7-15(2)19-21(31)22(32)23-26(19,4)11-9-18-25(3)10-8-16(29)12-17(25)20(30)24(33)27(18,23)34/h14-24,28-34H,5-13H2,1-4H3/t14-,15+,16-,17+,18+,19-,20+,21+,22-,23+,24+,25-,26+,27?/m0/s1. The van der Waals surface area contributed by atoms with Crippen molar-refractivity contribution < 1.29 is 35.7 Å². The SMILES string of the molecule is C[C@H](CO)CCC[C@@H](C)[C@H]1[C@@H](O)[C@H](O)[C@H]2C3(O)[C@H](O)[C@H](O)[C@H]4C[C@@H](O)CC[C@]4(C)[C@H]3CC[C@]12C. The van der Waals surface area contributed by atoms with E-state index in [4.69, 9.17) is 0 Å². The highest BCUT2D eigenvalue weighted by Crippen LogP contribution is 2.69. The largest absolute Gasteiger partial charge is 0.396 e. The lowest BCUT2D eigenvalue weighted by Gasteiger charge is -2.67. The molecule has 4 rings (SSSR count). The smallest absolute Gasteiger partial charge is 0.109 e. The van der Waals surface area contributed by atoms with E-state index in [1.165, 1.54) is 0 Å². The molecule has 0 saturated heterocycles. The van der Waals surface area contributed by atoms with Crippen molar-refractivity contribution in [1.29, 1.82) is 0 Å². The van der Waals surface area contributed by atoms with Crippen LogP contribution in [-0.2, 0) is 0 Å². The number of hydrogen-bond donors (Lipinski definition) is 7. The molecule has 14 atom stereocenters. The fourth-order valence-corrected chi connectivity index (χ4v) is 9.52. The molecule has 0 aromatic heterocycles. The number of hydrogen-bond acceptors (Lipinski definition) is 7. The van der Waals surface area contributed by atoms with Gasteiger partial charge in [0, 0.05) is 12.5 Å². The van der Waals surface area contributed by atoms with Crippen molar-refractivity contribution in [3.05, 3.63) is 0 Å². The predicted octanol–water partition coefficient (Wildman–Crippen LogP) is 1.44. The molecule has 4 aliphatic rings. The molecule has 1 unspecified atom stereocenters. The quantitative estimate of drug-likeness (QED) is 0.302. The van der Waals surface area contributed by atoms with Gasteiger partial charge in [0.25, 0.3) is 0 Å². The lowest BCUT2D eigenvalue weighted by atomic mass is 9.41. The summed E-state index contributed by atoms with van der Waals surface area (Å²) in [5, 5.41) is 77.2. The van der Waals surface area contributed by atoms with E-state index in [2.05, 4.69) is 13.8 Å². The van der Waals surface area contributed by atoms with Gasteiger partial charge < -0.3 is 35.7 Å². The van der Waals surface area contributed by atoms with Crippen LogP contribution in [0.3, 0.4) is 0 Å². The summed E-state index contributed by atoms with van der Waals surface area (Å²) in [6.07, 6.45) is 0.370. The lowest BCUT2D eigenvalue weighted by Crippen LogP contribution is -2.75. The Balaban J connectivity index is 1.66. The summed E-state index contributed by atoms with van der Waals surface area (Å²) in [6, 6.07) is 0. The van der Waals surface area contributed by atoms with E-state index < -0.39 is 52.9 Å². The Morgan fingerprint density at radius 3 is 2.15 bits per heavy atom. The molecule has 4 fully saturated rings. The second kappa shape index (κ2) is 9.23. The first-order chi connectivity index (χ1) is 15.8. The minimum Gasteiger partial charge on any atom is -0.396 e. The maximum absolute atomic E-state index is 12.3. The fourth-order valence-electron chi connectivity index (χ4n) is 9.52. The fraction of sp³-hybridized carbons (Fsp3) is 1.00. The second-order valence-electron chi connectivity index (χ2n) is 13.1. The Morgan fingerprint density at radius 2 is 1.50 bits per heavy atom. The summed E-state index contributed by atoms with van der Waals surface area (Å²) in [5.74, 6) is -1.28. The summed E-state index contributed by atoms with van der Waals surface area (Å²) in [7, 11) is 0. The number of aliphatic hydroxyl groups is 7. The zero-order valence-corrected chi connectivity index (χ0v) is 21.3. The average Bonchev–Trinajstić information content (AvgIpc) is 2.99. The number of rotatable bonds is 6. The third-order valence-corrected chi connectivity index (χ3v) is 11.2. The van der Waals surface area contributed by atoms with Gasteiger partial charge in [0.2, 0.25) is 0 Å². The van der Waals surface area contributed by atoms with Crippen LogP contribution in [0.25, 0.3) is 0 Å². The summed E-state index contributed by atoms with van der Waals surface area (Å²) >= 11 is 0. The molecule has 0 heterocycles. The lowest BCUT2D eigenvalue weighted by molar-refractivity contribution is -0.309. The van der Waals surface area contributed by atoms with E-state index in [0.29, 0.717) is 25.7 Å². The highest BCUT2D eigenvalue weighted by molar-refractivity contribution is 5.24. The Labute approximate surface area is 204 Å². The van der Waals surface area contributed by atoms with Crippen LogP contribution in [0.4, 0.5) is 0 Å². The Bertz CT molecular complexity index is 734. The van der Waals surface area contributed by atoms with Gasteiger partial charge in [-0.15, -0.1) is 0 Å². The summed E-state index contributed by atoms with van der Waals surface area (Å²) in [4.78, 5) is 0. The van der Waals surface area contributed by atoms with E-state index in [9.17, 15) is 35.7 Å². The van der Waals surface area contributed by atoms with Gasteiger partial charge in [0.15, 0.2) is 0 Å². The first kappa shape index (κ1) is 26.8. The molecule has 7 N–H and O–H groups in total. The van der Waals surface area contributed by atoms with Crippen LogP contribution in [0.2, 0.25) is 0 Å². The highest BCUT2D eigenvalue weighted by atomic mass is 16.4. The molecule has 4 saturated carbocycles. The Hall–Kier alpha value is -0.280. The van der Waals surface area contributed by atoms with Crippen LogP contribution in [-0.4, -0.2) is 78.5 Å². The minimum absolute atomic E-state index is 0.101. The van der Waals surface area contributed by atoms with Crippen molar-refractivity contribution in [3.8, 4) is 0 Å². The average molecular weight is 485 g/mol.